The molecule has 1 aliphatic rings. The molecule has 21 heavy (non-hydrogen) atoms. The molecule has 0 spiro atoms. The van der Waals surface area contributed by atoms with Crippen molar-refractivity contribution in [2.24, 2.45) is 11.3 Å². The van der Waals surface area contributed by atoms with Gasteiger partial charge in [0.05, 0.1) is 0 Å². The van der Waals surface area contributed by atoms with Gasteiger partial charge in [0.25, 0.3) is 0 Å². The zero-order valence-electron chi connectivity index (χ0n) is 14.2. The number of nitrogens with zero attached hydrogens (tertiary/aromatic N) is 3. The van der Waals surface area contributed by atoms with Gasteiger partial charge in [-0.2, -0.15) is 5.10 Å². The van der Waals surface area contributed by atoms with Crippen molar-refractivity contribution in [1.82, 2.24) is 20.1 Å². The SMILES string of the molecule is CCCNC(Cc1ncnn1CC)C1CCCCC1(C)C. The summed E-state index contributed by atoms with van der Waals surface area (Å²) in [4.78, 5) is 4.49. The number of aromatic nitrogens is 3. The maximum atomic E-state index is 4.49. The lowest BCUT2D eigenvalue weighted by molar-refractivity contribution is 0.0969. The van der Waals surface area contributed by atoms with Crippen LogP contribution in [0.2, 0.25) is 0 Å². The fourth-order valence-electron chi connectivity index (χ4n) is 3.86. The van der Waals surface area contributed by atoms with E-state index in [4.69, 9.17) is 0 Å². The normalized spacial score (nSPS) is 23.1. The van der Waals surface area contributed by atoms with Crippen molar-refractivity contribution in [3.8, 4) is 0 Å². The summed E-state index contributed by atoms with van der Waals surface area (Å²) in [6.45, 7) is 11.3. The molecule has 4 heteroatoms. The van der Waals surface area contributed by atoms with E-state index < -0.39 is 0 Å². The predicted octanol–water partition coefficient (Wildman–Crippen LogP) is 3.43. The minimum absolute atomic E-state index is 0.431. The Morgan fingerprint density at radius 3 is 2.86 bits per heavy atom. The third-order valence-corrected chi connectivity index (χ3v) is 5.13. The van der Waals surface area contributed by atoms with Crippen molar-refractivity contribution in [1.29, 1.82) is 0 Å². The first-order valence-corrected chi connectivity index (χ1v) is 8.68. The number of aryl methyl sites for hydroxylation is 1. The van der Waals surface area contributed by atoms with E-state index in [2.05, 4.69) is 43.1 Å². The molecule has 1 aromatic heterocycles. The van der Waals surface area contributed by atoms with Gasteiger partial charge in [-0.05, 0) is 44.1 Å². The molecule has 1 N–H and O–H groups in total. The van der Waals surface area contributed by atoms with Gasteiger partial charge in [0.15, 0.2) is 0 Å². The number of nitrogens with one attached hydrogen (secondary N) is 1. The predicted molar refractivity (Wildman–Crippen MR) is 87.2 cm³/mol. The van der Waals surface area contributed by atoms with Crippen molar-refractivity contribution in [2.45, 2.75) is 78.8 Å². The highest BCUT2D eigenvalue weighted by atomic mass is 15.3. The molecule has 0 aromatic carbocycles. The van der Waals surface area contributed by atoms with Crippen LogP contribution in [0.3, 0.4) is 0 Å². The van der Waals surface area contributed by atoms with E-state index in [1.165, 1.54) is 32.1 Å². The fraction of sp³-hybridized carbons (Fsp3) is 0.882. The van der Waals surface area contributed by atoms with Gasteiger partial charge in [0.2, 0.25) is 0 Å². The number of hydrogen-bond acceptors (Lipinski definition) is 3. The molecule has 120 valence electrons. The number of hydrogen-bond donors (Lipinski definition) is 1. The van der Waals surface area contributed by atoms with Crippen LogP contribution >= 0.6 is 0 Å². The molecule has 2 unspecified atom stereocenters. The number of rotatable bonds is 7. The van der Waals surface area contributed by atoms with E-state index in [1.807, 2.05) is 4.68 Å². The van der Waals surface area contributed by atoms with Gasteiger partial charge in [-0.15, -0.1) is 0 Å². The second kappa shape index (κ2) is 7.39. The smallest absolute Gasteiger partial charge is 0.138 e. The molecule has 2 atom stereocenters. The van der Waals surface area contributed by atoms with Gasteiger partial charge >= 0.3 is 0 Å². The quantitative estimate of drug-likeness (QED) is 0.837. The van der Waals surface area contributed by atoms with Crippen LogP contribution < -0.4 is 5.32 Å². The highest BCUT2D eigenvalue weighted by molar-refractivity contribution is 4.97. The van der Waals surface area contributed by atoms with Crippen LogP contribution in [0.1, 0.15) is 65.6 Å². The molecule has 1 heterocycles. The molecule has 2 rings (SSSR count). The first-order valence-electron chi connectivity index (χ1n) is 8.68. The molecule has 1 aromatic rings. The highest BCUT2D eigenvalue weighted by Gasteiger charge is 2.37. The van der Waals surface area contributed by atoms with E-state index in [1.54, 1.807) is 6.33 Å². The topological polar surface area (TPSA) is 42.7 Å². The van der Waals surface area contributed by atoms with Crippen LogP contribution in [0.5, 0.6) is 0 Å². The van der Waals surface area contributed by atoms with Gasteiger partial charge in [-0.25, -0.2) is 4.98 Å². The zero-order valence-corrected chi connectivity index (χ0v) is 14.2. The molecule has 0 bridgehead atoms. The summed E-state index contributed by atoms with van der Waals surface area (Å²) in [6, 6.07) is 0.523. The summed E-state index contributed by atoms with van der Waals surface area (Å²) in [5.74, 6) is 1.87. The Balaban J connectivity index is 2.13. The second-order valence-corrected chi connectivity index (χ2v) is 7.10. The monoisotopic (exact) mass is 292 g/mol. The van der Waals surface area contributed by atoms with Gasteiger partial charge in [0.1, 0.15) is 12.2 Å². The van der Waals surface area contributed by atoms with Crippen LogP contribution in [0.4, 0.5) is 0 Å². The maximum Gasteiger partial charge on any atom is 0.138 e. The second-order valence-electron chi connectivity index (χ2n) is 7.10. The zero-order chi connectivity index (χ0) is 15.3. The molecule has 0 aliphatic heterocycles. The van der Waals surface area contributed by atoms with Gasteiger partial charge < -0.3 is 5.32 Å². The third kappa shape index (κ3) is 4.06. The van der Waals surface area contributed by atoms with Gasteiger partial charge in [-0.3, -0.25) is 4.68 Å². The molecular formula is C17H32N4. The molecule has 1 aliphatic carbocycles. The lowest BCUT2D eigenvalue weighted by atomic mass is 9.65. The Morgan fingerprint density at radius 1 is 1.38 bits per heavy atom. The fourth-order valence-corrected chi connectivity index (χ4v) is 3.86. The Bertz CT molecular complexity index is 424. The standard InChI is InChI=1S/C17H32N4/c1-5-11-18-15(12-16-19-13-20-21(16)6-2)14-9-7-8-10-17(14,3)4/h13-15,18H,5-12H2,1-4H3. The molecular weight excluding hydrogens is 260 g/mol. The molecule has 1 fully saturated rings. The van der Waals surface area contributed by atoms with E-state index in [0.717, 1.165) is 31.3 Å². The lowest BCUT2D eigenvalue weighted by Gasteiger charge is -2.43. The van der Waals surface area contributed by atoms with Crippen LogP contribution in [0, 0.1) is 11.3 Å². The Kier molecular flexibility index (Phi) is 5.80. The molecule has 4 nitrogen and oxygen atoms in total. The average Bonchev–Trinajstić information content (AvgIpc) is 2.90. The van der Waals surface area contributed by atoms with Crippen molar-refractivity contribution >= 4 is 0 Å². The molecule has 1 saturated carbocycles. The lowest BCUT2D eigenvalue weighted by Crippen LogP contribution is -2.46. The summed E-state index contributed by atoms with van der Waals surface area (Å²) in [7, 11) is 0. The van der Waals surface area contributed by atoms with Gasteiger partial charge in [-0.1, -0.05) is 33.6 Å². The maximum absolute atomic E-state index is 4.49. The van der Waals surface area contributed by atoms with E-state index in [0.29, 0.717) is 11.5 Å². The van der Waals surface area contributed by atoms with Crippen LogP contribution in [-0.2, 0) is 13.0 Å². The molecule has 0 radical (unpaired) electrons. The van der Waals surface area contributed by atoms with Crippen molar-refractivity contribution in [3.63, 3.8) is 0 Å². The molecule has 0 amide bonds. The first kappa shape index (κ1) is 16.5. The van der Waals surface area contributed by atoms with Gasteiger partial charge in [0, 0.05) is 19.0 Å². The summed E-state index contributed by atoms with van der Waals surface area (Å²) in [5.41, 5.74) is 0.431. The average molecular weight is 292 g/mol. The molecule has 0 saturated heterocycles. The van der Waals surface area contributed by atoms with Crippen molar-refractivity contribution in [2.75, 3.05) is 6.54 Å². The third-order valence-electron chi connectivity index (χ3n) is 5.13. The van der Waals surface area contributed by atoms with E-state index in [-0.39, 0.29) is 0 Å². The minimum atomic E-state index is 0.431. The van der Waals surface area contributed by atoms with Crippen LogP contribution in [-0.4, -0.2) is 27.4 Å². The van der Waals surface area contributed by atoms with Crippen molar-refractivity contribution in [3.05, 3.63) is 12.2 Å². The summed E-state index contributed by atoms with van der Waals surface area (Å²) in [6.07, 6.45) is 9.33. The summed E-state index contributed by atoms with van der Waals surface area (Å²) >= 11 is 0. The Labute approximate surface area is 129 Å². The van der Waals surface area contributed by atoms with E-state index in [9.17, 15) is 0 Å². The van der Waals surface area contributed by atoms with Crippen molar-refractivity contribution < 1.29 is 0 Å². The summed E-state index contributed by atoms with van der Waals surface area (Å²) in [5, 5.41) is 8.13. The van der Waals surface area contributed by atoms with E-state index >= 15 is 0 Å². The Morgan fingerprint density at radius 2 is 2.19 bits per heavy atom. The first-order chi connectivity index (χ1) is 10.1. The largest absolute Gasteiger partial charge is 0.313 e. The van der Waals surface area contributed by atoms with Crippen LogP contribution in [0.15, 0.2) is 6.33 Å². The highest BCUT2D eigenvalue weighted by Crippen LogP contribution is 2.42. The van der Waals surface area contributed by atoms with Crippen LogP contribution in [0.25, 0.3) is 0 Å². The minimum Gasteiger partial charge on any atom is -0.313 e. The Hall–Kier alpha value is -0.900. The summed E-state index contributed by atoms with van der Waals surface area (Å²) < 4.78 is 2.04.